The van der Waals surface area contributed by atoms with Crippen LogP contribution in [0.25, 0.3) is 0 Å². The van der Waals surface area contributed by atoms with Crippen LogP contribution in [0.4, 0.5) is 5.69 Å². The molecule has 0 radical (unpaired) electrons. The highest BCUT2D eigenvalue weighted by atomic mass is 16.5. The Kier molecular flexibility index (Phi) is 3.76. The lowest BCUT2D eigenvalue weighted by molar-refractivity contribution is 0.0999. The summed E-state index contributed by atoms with van der Waals surface area (Å²) in [7, 11) is 0. The number of nitrogens with two attached hydrogens (primary N) is 1. The summed E-state index contributed by atoms with van der Waals surface area (Å²) in [5, 5.41) is 0. The van der Waals surface area contributed by atoms with Gasteiger partial charge in [-0.15, -0.1) is 0 Å². The summed E-state index contributed by atoms with van der Waals surface area (Å²) < 4.78 is 5.32. The fraction of sp³-hybridized carbons (Fsp3) is 0.462. The van der Waals surface area contributed by atoms with Crippen LogP contribution in [0.1, 0.15) is 15.9 Å². The predicted molar refractivity (Wildman–Crippen MR) is 67.6 cm³/mol. The van der Waals surface area contributed by atoms with Crippen LogP contribution in [-0.2, 0) is 4.74 Å². The van der Waals surface area contributed by atoms with Gasteiger partial charge in [0.1, 0.15) is 0 Å². The van der Waals surface area contributed by atoms with E-state index in [-0.39, 0.29) is 12.3 Å². The number of carbonyl (C=O) groups excluding carboxylic acids is 1. The van der Waals surface area contributed by atoms with Crippen LogP contribution in [0, 0.1) is 6.92 Å². The molecule has 1 aromatic carbocycles. The third-order valence-corrected chi connectivity index (χ3v) is 2.99. The number of hydrogen-bond donors (Lipinski definition) is 1. The van der Waals surface area contributed by atoms with Crippen molar-refractivity contribution in [3.63, 3.8) is 0 Å². The highest BCUT2D eigenvalue weighted by Gasteiger charge is 2.17. The van der Waals surface area contributed by atoms with E-state index >= 15 is 0 Å². The van der Waals surface area contributed by atoms with E-state index in [1.807, 2.05) is 25.1 Å². The zero-order valence-electron chi connectivity index (χ0n) is 10.1. The molecule has 1 fully saturated rings. The lowest BCUT2D eigenvalue weighted by atomic mass is 10.0. The number of carbonyl (C=O) groups is 1. The van der Waals surface area contributed by atoms with Gasteiger partial charge in [0.25, 0.3) is 0 Å². The maximum absolute atomic E-state index is 11.8. The van der Waals surface area contributed by atoms with E-state index in [4.69, 9.17) is 10.5 Å². The maximum Gasteiger partial charge on any atom is 0.178 e. The van der Waals surface area contributed by atoms with Gasteiger partial charge in [0.05, 0.1) is 19.8 Å². The van der Waals surface area contributed by atoms with Crippen LogP contribution in [-0.4, -0.2) is 38.6 Å². The molecule has 4 heteroatoms. The summed E-state index contributed by atoms with van der Waals surface area (Å²) in [5.74, 6) is -0.00445. The van der Waals surface area contributed by atoms with Crippen LogP contribution >= 0.6 is 0 Å². The molecule has 0 amide bonds. The number of ether oxygens (including phenoxy) is 1. The predicted octanol–water partition coefficient (Wildman–Crippen LogP) is 0.973. The smallest absolute Gasteiger partial charge is 0.178 e. The molecule has 0 aliphatic carbocycles. The number of nitrogens with zero attached hydrogens (tertiary/aromatic N) is 1. The number of hydrogen-bond acceptors (Lipinski definition) is 4. The number of ketones is 1. The van der Waals surface area contributed by atoms with Crippen molar-refractivity contribution >= 4 is 11.5 Å². The largest absolute Gasteiger partial charge is 0.378 e. The molecule has 0 bridgehead atoms. The van der Waals surface area contributed by atoms with Crippen molar-refractivity contribution in [2.75, 3.05) is 37.7 Å². The van der Waals surface area contributed by atoms with Gasteiger partial charge in [-0.2, -0.15) is 0 Å². The van der Waals surface area contributed by atoms with Crippen LogP contribution < -0.4 is 10.6 Å². The van der Waals surface area contributed by atoms with E-state index in [2.05, 4.69) is 4.90 Å². The maximum atomic E-state index is 11.8. The number of morpholine rings is 1. The average molecular weight is 234 g/mol. The molecule has 1 aliphatic rings. The highest BCUT2D eigenvalue weighted by molar-refractivity contribution is 6.02. The first-order valence-electron chi connectivity index (χ1n) is 5.89. The van der Waals surface area contributed by atoms with Crippen molar-refractivity contribution in [3.8, 4) is 0 Å². The van der Waals surface area contributed by atoms with E-state index in [1.165, 1.54) is 0 Å². The fourth-order valence-electron chi connectivity index (χ4n) is 2.06. The Bertz CT molecular complexity index is 412. The topological polar surface area (TPSA) is 55.6 Å². The Morgan fingerprint density at radius 2 is 2.12 bits per heavy atom. The van der Waals surface area contributed by atoms with Gasteiger partial charge in [-0.25, -0.2) is 0 Å². The first kappa shape index (κ1) is 12.1. The summed E-state index contributed by atoms with van der Waals surface area (Å²) in [4.78, 5) is 14.0. The summed E-state index contributed by atoms with van der Waals surface area (Å²) in [6.07, 6.45) is 0. The summed E-state index contributed by atoms with van der Waals surface area (Å²) in [5.41, 5.74) is 8.25. The highest BCUT2D eigenvalue weighted by Crippen LogP contribution is 2.23. The third-order valence-electron chi connectivity index (χ3n) is 2.99. The number of Topliss-reactive ketones (excluding diaryl/α,β-unsaturated/α-hetero) is 1. The molecule has 0 atom stereocenters. The van der Waals surface area contributed by atoms with Gasteiger partial charge < -0.3 is 15.4 Å². The first-order valence-corrected chi connectivity index (χ1v) is 5.89. The second-order valence-electron chi connectivity index (χ2n) is 4.25. The Labute approximate surface area is 101 Å². The van der Waals surface area contributed by atoms with E-state index in [0.29, 0.717) is 13.2 Å². The molecule has 1 aromatic rings. The zero-order chi connectivity index (χ0) is 12.3. The number of anilines is 1. The summed E-state index contributed by atoms with van der Waals surface area (Å²) >= 11 is 0. The van der Waals surface area contributed by atoms with Gasteiger partial charge in [-0.3, -0.25) is 4.79 Å². The quantitative estimate of drug-likeness (QED) is 0.792. The number of benzene rings is 1. The van der Waals surface area contributed by atoms with E-state index in [9.17, 15) is 4.79 Å². The van der Waals surface area contributed by atoms with Gasteiger partial charge >= 0.3 is 0 Å². The molecule has 17 heavy (non-hydrogen) atoms. The van der Waals surface area contributed by atoms with Gasteiger partial charge in [0.2, 0.25) is 0 Å². The molecule has 4 nitrogen and oxygen atoms in total. The summed E-state index contributed by atoms with van der Waals surface area (Å²) in [6, 6.07) is 5.95. The normalized spacial score (nSPS) is 16.0. The molecule has 0 spiro atoms. The second kappa shape index (κ2) is 5.29. The van der Waals surface area contributed by atoms with E-state index in [0.717, 1.165) is 29.9 Å². The summed E-state index contributed by atoms with van der Waals surface area (Å²) in [6.45, 7) is 5.12. The van der Waals surface area contributed by atoms with Crippen molar-refractivity contribution < 1.29 is 9.53 Å². The molecule has 1 aliphatic heterocycles. The van der Waals surface area contributed by atoms with Gasteiger partial charge in [-0.05, 0) is 19.1 Å². The molecule has 1 saturated heterocycles. The monoisotopic (exact) mass is 234 g/mol. The molecule has 92 valence electrons. The van der Waals surface area contributed by atoms with Crippen LogP contribution in [0.15, 0.2) is 18.2 Å². The lowest BCUT2D eigenvalue weighted by Gasteiger charge is -2.30. The molecule has 2 rings (SSSR count). The number of aryl methyl sites for hydroxylation is 1. The Morgan fingerprint density at radius 3 is 2.76 bits per heavy atom. The molecular formula is C13H18N2O2. The van der Waals surface area contributed by atoms with Crippen LogP contribution in [0.5, 0.6) is 0 Å². The fourth-order valence-corrected chi connectivity index (χ4v) is 2.06. The first-order chi connectivity index (χ1) is 8.22. The lowest BCUT2D eigenvalue weighted by Crippen LogP contribution is -2.37. The van der Waals surface area contributed by atoms with Gasteiger partial charge in [-0.1, -0.05) is 11.6 Å². The van der Waals surface area contributed by atoms with Crippen LogP contribution in [0.3, 0.4) is 0 Å². The van der Waals surface area contributed by atoms with Crippen LogP contribution in [0.2, 0.25) is 0 Å². The SMILES string of the molecule is Cc1ccc(N2CCOCC2)c(C(=O)CN)c1. The Morgan fingerprint density at radius 1 is 1.41 bits per heavy atom. The molecule has 0 unspecified atom stereocenters. The van der Waals surface area contributed by atoms with E-state index < -0.39 is 0 Å². The minimum atomic E-state index is -0.00445. The average Bonchev–Trinajstić information content (AvgIpc) is 2.38. The van der Waals surface area contributed by atoms with Crippen molar-refractivity contribution in [2.45, 2.75) is 6.92 Å². The van der Waals surface area contributed by atoms with Crippen molar-refractivity contribution in [1.82, 2.24) is 0 Å². The van der Waals surface area contributed by atoms with Crippen molar-refractivity contribution in [3.05, 3.63) is 29.3 Å². The van der Waals surface area contributed by atoms with Gasteiger partial charge in [0.15, 0.2) is 5.78 Å². The Balaban J connectivity index is 2.34. The zero-order valence-corrected chi connectivity index (χ0v) is 10.1. The third kappa shape index (κ3) is 2.65. The number of rotatable bonds is 3. The minimum Gasteiger partial charge on any atom is -0.378 e. The van der Waals surface area contributed by atoms with Crippen molar-refractivity contribution in [1.29, 1.82) is 0 Å². The van der Waals surface area contributed by atoms with Gasteiger partial charge in [0, 0.05) is 24.3 Å². The van der Waals surface area contributed by atoms with E-state index in [1.54, 1.807) is 0 Å². The Hall–Kier alpha value is -1.39. The molecule has 2 N–H and O–H groups in total. The molecule has 0 aromatic heterocycles. The molecule has 0 saturated carbocycles. The minimum absolute atomic E-state index is 0.00445. The van der Waals surface area contributed by atoms with Crippen molar-refractivity contribution in [2.24, 2.45) is 5.73 Å². The second-order valence-corrected chi connectivity index (χ2v) is 4.25. The molecular weight excluding hydrogens is 216 g/mol. The standard InChI is InChI=1S/C13H18N2O2/c1-10-2-3-12(11(8-10)13(16)9-14)15-4-6-17-7-5-15/h2-3,8H,4-7,9,14H2,1H3. The molecule has 1 heterocycles.